The Morgan fingerprint density at radius 3 is 2.43 bits per heavy atom. The lowest BCUT2D eigenvalue weighted by Gasteiger charge is -2.10. The minimum atomic E-state index is 0.199. The average Bonchev–Trinajstić information content (AvgIpc) is 2.94. The fourth-order valence-electron chi connectivity index (χ4n) is 1.80. The Morgan fingerprint density at radius 2 is 1.86 bits per heavy atom. The molecule has 2 rings (SSSR count). The summed E-state index contributed by atoms with van der Waals surface area (Å²) in [6.07, 6.45) is 0.984. The molecule has 114 valence electrons. The molecule has 0 aliphatic carbocycles. The fraction of sp³-hybridized carbons (Fsp3) is 0.500. The molecule has 0 spiro atoms. The smallest absolute Gasteiger partial charge is 0.229 e. The highest BCUT2D eigenvalue weighted by molar-refractivity contribution is 7.98. The van der Waals surface area contributed by atoms with Crippen LogP contribution >= 0.6 is 11.8 Å². The summed E-state index contributed by atoms with van der Waals surface area (Å²) in [5, 5.41) is 8.29. The molecule has 0 bridgehead atoms. The van der Waals surface area contributed by atoms with Crippen molar-refractivity contribution in [3.8, 4) is 5.75 Å². The van der Waals surface area contributed by atoms with Crippen molar-refractivity contribution in [2.24, 2.45) is 0 Å². The lowest BCUT2D eigenvalue weighted by molar-refractivity contribution is 0.242. The number of ether oxygens (including phenoxy) is 1. The van der Waals surface area contributed by atoms with Gasteiger partial charge in [-0.15, -0.1) is 22.0 Å². The summed E-state index contributed by atoms with van der Waals surface area (Å²) in [6, 6.07) is 8.23. The van der Waals surface area contributed by atoms with E-state index in [9.17, 15) is 0 Å². The van der Waals surface area contributed by atoms with Crippen LogP contribution in [-0.4, -0.2) is 16.3 Å². The van der Waals surface area contributed by atoms with Crippen LogP contribution in [0.5, 0.6) is 5.75 Å². The van der Waals surface area contributed by atoms with Crippen molar-refractivity contribution in [1.82, 2.24) is 10.2 Å². The van der Waals surface area contributed by atoms with Crippen molar-refractivity contribution in [1.29, 1.82) is 0 Å². The molecule has 0 aliphatic heterocycles. The number of hydrogen-bond donors (Lipinski definition) is 0. The third kappa shape index (κ3) is 4.77. The molecule has 1 aromatic heterocycles. The number of benzene rings is 1. The standard InChI is InChI=1S/C16H22N2O2S/c1-5-15-17-18-16(20-15)12(4)21-10-13-6-8-14(9-7-13)19-11(2)3/h6-9,11-12H,5,10H2,1-4H3/t12-/m0/s1. The lowest BCUT2D eigenvalue weighted by atomic mass is 10.2. The first-order valence-electron chi connectivity index (χ1n) is 7.28. The molecule has 0 unspecified atom stereocenters. The van der Waals surface area contributed by atoms with Crippen LogP contribution in [0.1, 0.15) is 50.3 Å². The topological polar surface area (TPSA) is 48.2 Å². The summed E-state index contributed by atoms with van der Waals surface area (Å²) in [5.74, 6) is 3.23. The number of rotatable bonds is 7. The molecule has 21 heavy (non-hydrogen) atoms. The molecule has 0 N–H and O–H groups in total. The Kier molecular flexibility index (Phi) is 5.67. The molecule has 1 heterocycles. The van der Waals surface area contributed by atoms with Crippen LogP contribution in [-0.2, 0) is 12.2 Å². The molecule has 0 fully saturated rings. The molecule has 0 radical (unpaired) electrons. The summed E-state index contributed by atoms with van der Waals surface area (Å²) >= 11 is 1.79. The molecule has 1 aromatic carbocycles. The first-order chi connectivity index (χ1) is 10.1. The molecule has 0 aliphatic rings. The van der Waals surface area contributed by atoms with E-state index >= 15 is 0 Å². The van der Waals surface area contributed by atoms with Gasteiger partial charge in [-0.05, 0) is 38.5 Å². The third-order valence-electron chi connectivity index (χ3n) is 2.93. The van der Waals surface area contributed by atoms with Crippen molar-refractivity contribution in [2.45, 2.75) is 51.2 Å². The van der Waals surface area contributed by atoms with Crippen LogP contribution in [0.3, 0.4) is 0 Å². The molecule has 4 nitrogen and oxygen atoms in total. The van der Waals surface area contributed by atoms with Gasteiger partial charge in [-0.1, -0.05) is 19.1 Å². The second kappa shape index (κ2) is 7.50. The van der Waals surface area contributed by atoms with Crippen LogP contribution in [0.15, 0.2) is 28.7 Å². The van der Waals surface area contributed by atoms with Crippen LogP contribution in [0, 0.1) is 0 Å². The van der Waals surface area contributed by atoms with Gasteiger partial charge in [0.1, 0.15) is 5.75 Å². The zero-order valence-electron chi connectivity index (χ0n) is 13.0. The van der Waals surface area contributed by atoms with E-state index in [1.54, 1.807) is 11.8 Å². The maximum atomic E-state index is 5.64. The normalized spacial score (nSPS) is 12.6. The summed E-state index contributed by atoms with van der Waals surface area (Å²) in [7, 11) is 0. The average molecular weight is 306 g/mol. The first kappa shape index (κ1) is 15.9. The zero-order valence-corrected chi connectivity index (χ0v) is 13.8. The molecule has 0 saturated heterocycles. The summed E-state index contributed by atoms with van der Waals surface area (Å²) in [4.78, 5) is 0. The van der Waals surface area contributed by atoms with E-state index in [4.69, 9.17) is 9.15 Å². The van der Waals surface area contributed by atoms with E-state index in [1.807, 2.05) is 32.9 Å². The van der Waals surface area contributed by atoms with Gasteiger partial charge in [0.2, 0.25) is 11.8 Å². The Morgan fingerprint density at radius 1 is 1.14 bits per heavy atom. The van der Waals surface area contributed by atoms with Crippen molar-refractivity contribution in [3.63, 3.8) is 0 Å². The van der Waals surface area contributed by atoms with Gasteiger partial charge < -0.3 is 9.15 Å². The highest BCUT2D eigenvalue weighted by Crippen LogP contribution is 2.30. The third-order valence-corrected chi connectivity index (χ3v) is 4.13. The highest BCUT2D eigenvalue weighted by Gasteiger charge is 2.13. The fourth-order valence-corrected chi connectivity index (χ4v) is 2.68. The predicted octanol–water partition coefficient (Wildman–Crippen LogP) is 4.41. The Bertz CT molecular complexity index is 552. The molecule has 2 aromatic rings. The summed E-state index contributed by atoms with van der Waals surface area (Å²) in [6.45, 7) is 8.16. The van der Waals surface area contributed by atoms with Crippen molar-refractivity contribution in [3.05, 3.63) is 41.6 Å². The zero-order chi connectivity index (χ0) is 15.2. The van der Waals surface area contributed by atoms with Gasteiger partial charge in [0, 0.05) is 12.2 Å². The quantitative estimate of drug-likeness (QED) is 0.758. The van der Waals surface area contributed by atoms with Gasteiger partial charge in [-0.2, -0.15) is 0 Å². The van der Waals surface area contributed by atoms with Gasteiger partial charge in [-0.25, -0.2) is 0 Å². The van der Waals surface area contributed by atoms with Gasteiger partial charge in [0.05, 0.1) is 11.4 Å². The predicted molar refractivity (Wildman–Crippen MR) is 85.6 cm³/mol. The largest absolute Gasteiger partial charge is 0.491 e. The Labute approximate surface area is 130 Å². The molecule has 0 saturated carbocycles. The van der Waals surface area contributed by atoms with Crippen molar-refractivity contribution < 1.29 is 9.15 Å². The summed E-state index contributed by atoms with van der Waals surface area (Å²) < 4.78 is 11.2. The number of thioether (sulfide) groups is 1. The lowest BCUT2D eigenvalue weighted by Crippen LogP contribution is -2.05. The first-order valence-corrected chi connectivity index (χ1v) is 8.32. The number of nitrogens with zero attached hydrogens (tertiary/aromatic N) is 2. The number of aromatic nitrogens is 2. The Hall–Kier alpha value is -1.49. The monoisotopic (exact) mass is 306 g/mol. The van der Waals surface area contributed by atoms with Crippen LogP contribution in [0.25, 0.3) is 0 Å². The van der Waals surface area contributed by atoms with Crippen molar-refractivity contribution in [2.75, 3.05) is 0 Å². The minimum absolute atomic E-state index is 0.199. The van der Waals surface area contributed by atoms with Crippen LogP contribution in [0.2, 0.25) is 0 Å². The SMILES string of the molecule is CCc1nnc([C@H](C)SCc2ccc(OC(C)C)cc2)o1. The van der Waals surface area contributed by atoms with E-state index in [2.05, 4.69) is 29.3 Å². The Balaban J connectivity index is 1.87. The van der Waals surface area contributed by atoms with Gasteiger partial charge in [0.25, 0.3) is 0 Å². The second-order valence-corrected chi connectivity index (χ2v) is 6.48. The van der Waals surface area contributed by atoms with E-state index < -0.39 is 0 Å². The van der Waals surface area contributed by atoms with E-state index in [0.717, 1.165) is 17.9 Å². The molecular formula is C16H22N2O2S. The van der Waals surface area contributed by atoms with E-state index in [-0.39, 0.29) is 11.4 Å². The maximum absolute atomic E-state index is 5.64. The van der Waals surface area contributed by atoms with Crippen LogP contribution < -0.4 is 4.74 Å². The van der Waals surface area contributed by atoms with Gasteiger partial charge in [-0.3, -0.25) is 0 Å². The molecule has 0 amide bonds. The molecular weight excluding hydrogens is 284 g/mol. The minimum Gasteiger partial charge on any atom is -0.491 e. The van der Waals surface area contributed by atoms with Crippen molar-refractivity contribution >= 4 is 11.8 Å². The number of hydrogen-bond acceptors (Lipinski definition) is 5. The van der Waals surface area contributed by atoms with E-state index in [0.29, 0.717) is 11.8 Å². The highest BCUT2D eigenvalue weighted by atomic mass is 32.2. The van der Waals surface area contributed by atoms with Crippen LogP contribution in [0.4, 0.5) is 0 Å². The molecule has 5 heteroatoms. The number of aryl methyl sites for hydroxylation is 1. The second-order valence-electron chi connectivity index (χ2n) is 5.15. The van der Waals surface area contributed by atoms with Gasteiger partial charge >= 0.3 is 0 Å². The van der Waals surface area contributed by atoms with Gasteiger partial charge in [0.15, 0.2) is 0 Å². The van der Waals surface area contributed by atoms with E-state index in [1.165, 1.54) is 5.56 Å². The maximum Gasteiger partial charge on any atom is 0.229 e. The molecule has 1 atom stereocenters. The summed E-state index contributed by atoms with van der Waals surface area (Å²) in [5.41, 5.74) is 1.26.